The van der Waals surface area contributed by atoms with Crippen LogP contribution in [0.2, 0.25) is 0 Å². The Labute approximate surface area is 145 Å². The molecule has 0 aliphatic rings. The summed E-state index contributed by atoms with van der Waals surface area (Å²) >= 11 is 0. The van der Waals surface area contributed by atoms with Crippen molar-refractivity contribution in [1.29, 1.82) is 0 Å². The van der Waals surface area contributed by atoms with Gasteiger partial charge in [0, 0.05) is 5.56 Å². The molecule has 3 nitrogen and oxygen atoms in total. The van der Waals surface area contributed by atoms with Crippen molar-refractivity contribution in [3.63, 3.8) is 0 Å². The van der Waals surface area contributed by atoms with E-state index in [1.54, 1.807) is 18.3 Å². The minimum atomic E-state index is -0.0385. The predicted octanol–water partition coefficient (Wildman–Crippen LogP) is 5.13. The Kier molecular flexibility index (Phi) is 3.97. The highest BCUT2D eigenvalue weighted by Gasteiger charge is 2.04. The summed E-state index contributed by atoms with van der Waals surface area (Å²) in [5, 5.41) is 2.19. The number of hydrogen-bond acceptors (Lipinski definition) is 2. The lowest BCUT2D eigenvalue weighted by Gasteiger charge is -2.00. The highest BCUT2D eigenvalue weighted by molar-refractivity contribution is 6.08. The number of ketones is 1. The average Bonchev–Trinajstić information content (AvgIpc) is 3.15. The van der Waals surface area contributed by atoms with Crippen LogP contribution in [0.25, 0.3) is 28.1 Å². The first-order valence-electron chi connectivity index (χ1n) is 8.11. The summed E-state index contributed by atoms with van der Waals surface area (Å²) in [6.45, 7) is 0. The Bertz CT molecular complexity index is 1060. The minimum absolute atomic E-state index is 0.0385. The number of aromatic amines is 1. The van der Waals surface area contributed by atoms with Gasteiger partial charge in [-0.05, 0) is 34.6 Å². The van der Waals surface area contributed by atoms with Crippen LogP contribution in [0.4, 0.5) is 0 Å². The Morgan fingerprint density at radius 2 is 1.64 bits per heavy atom. The number of benzene rings is 3. The normalized spacial score (nSPS) is 11.2. The lowest BCUT2D eigenvalue weighted by molar-refractivity contribution is 0.104. The van der Waals surface area contributed by atoms with E-state index in [-0.39, 0.29) is 5.78 Å². The first-order chi connectivity index (χ1) is 12.3. The number of rotatable bonds is 4. The number of nitrogens with one attached hydrogen (secondary N) is 1. The number of imidazole rings is 1. The molecule has 0 radical (unpaired) electrons. The summed E-state index contributed by atoms with van der Waals surface area (Å²) < 4.78 is 0. The second-order valence-corrected chi connectivity index (χ2v) is 5.81. The second-order valence-electron chi connectivity index (χ2n) is 5.81. The summed E-state index contributed by atoms with van der Waals surface area (Å²) in [5.74, 6) is 0.622. The molecule has 25 heavy (non-hydrogen) atoms. The number of allylic oxidation sites excluding steroid dienone is 1. The van der Waals surface area contributed by atoms with Gasteiger partial charge in [-0.1, -0.05) is 66.7 Å². The molecule has 0 bridgehead atoms. The maximum absolute atomic E-state index is 12.4. The van der Waals surface area contributed by atoms with Gasteiger partial charge in [-0.15, -0.1) is 0 Å². The van der Waals surface area contributed by atoms with Gasteiger partial charge in [0.25, 0.3) is 0 Å². The Morgan fingerprint density at radius 1 is 0.880 bits per heavy atom. The van der Waals surface area contributed by atoms with E-state index in [1.807, 2.05) is 72.8 Å². The summed E-state index contributed by atoms with van der Waals surface area (Å²) in [6.07, 6.45) is 5.04. The largest absolute Gasteiger partial charge is 0.338 e. The standard InChI is InChI=1S/C22H16N2O/c25-21(19-11-10-16-6-4-5-9-18(16)14-19)12-13-22-23-15-20(24-22)17-7-2-1-3-8-17/h1-15H,(H,23,24)/b13-12+. The quantitative estimate of drug-likeness (QED) is 0.418. The molecule has 0 aliphatic heterocycles. The predicted molar refractivity (Wildman–Crippen MR) is 101 cm³/mol. The van der Waals surface area contributed by atoms with E-state index < -0.39 is 0 Å². The van der Waals surface area contributed by atoms with Crippen molar-refractivity contribution < 1.29 is 4.79 Å². The van der Waals surface area contributed by atoms with Crippen molar-refractivity contribution in [2.24, 2.45) is 0 Å². The topological polar surface area (TPSA) is 45.8 Å². The van der Waals surface area contributed by atoms with Gasteiger partial charge >= 0.3 is 0 Å². The first kappa shape index (κ1) is 15.1. The van der Waals surface area contributed by atoms with Gasteiger partial charge < -0.3 is 4.98 Å². The van der Waals surface area contributed by atoms with Gasteiger partial charge in [0.15, 0.2) is 5.78 Å². The fraction of sp³-hybridized carbons (Fsp3) is 0. The molecule has 0 amide bonds. The molecule has 1 aromatic heterocycles. The number of aromatic nitrogens is 2. The second kappa shape index (κ2) is 6.57. The number of nitrogens with zero attached hydrogens (tertiary/aromatic N) is 1. The molecule has 3 heteroatoms. The zero-order valence-corrected chi connectivity index (χ0v) is 13.5. The molecule has 0 saturated heterocycles. The van der Waals surface area contributed by atoms with Crippen LogP contribution in [0.15, 0.2) is 85.1 Å². The van der Waals surface area contributed by atoms with E-state index in [2.05, 4.69) is 9.97 Å². The molecule has 0 spiro atoms. The van der Waals surface area contributed by atoms with E-state index in [4.69, 9.17) is 0 Å². The van der Waals surface area contributed by atoms with Crippen LogP contribution in [-0.4, -0.2) is 15.8 Å². The fourth-order valence-electron chi connectivity index (χ4n) is 2.78. The third-order valence-corrected chi connectivity index (χ3v) is 4.11. The van der Waals surface area contributed by atoms with Crippen LogP contribution in [-0.2, 0) is 0 Å². The molecular formula is C22H16N2O. The van der Waals surface area contributed by atoms with Gasteiger partial charge in [-0.3, -0.25) is 4.79 Å². The molecule has 1 N–H and O–H groups in total. The molecule has 0 atom stereocenters. The van der Waals surface area contributed by atoms with Crippen LogP contribution in [0.1, 0.15) is 16.2 Å². The van der Waals surface area contributed by atoms with Gasteiger partial charge in [0.2, 0.25) is 0 Å². The molecular weight excluding hydrogens is 308 g/mol. The van der Waals surface area contributed by atoms with Crippen molar-refractivity contribution in [3.8, 4) is 11.3 Å². The van der Waals surface area contributed by atoms with Crippen molar-refractivity contribution in [1.82, 2.24) is 9.97 Å². The fourth-order valence-corrected chi connectivity index (χ4v) is 2.78. The Morgan fingerprint density at radius 3 is 2.48 bits per heavy atom. The third-order valence-electron chi connectivity index (χ3n) is 4.11. The molecule has 1 heterocycles. The van der Waals surface area contributed by atoms with Gasteiger partial charge in [-0.2, -0.15) is 0 Å². The van der Waals surface area contributed by atoms with E-state index >= 15 is 0 Å². The van der Waals surface area contributed by atoms with Gasteiger partial charge in [-0.25, -0.2) is 4.98 Å². The molecule has 3 aromatic carbocycles. The lowest BCUT2D eigenvalue weighted by atomic mass is 10.0. The molecule has 120 valence electrons. The monoisotopic (exact) mass is 324 g/mol. The van der Waals surface area contributed by atoms with Crippen LogP contribution in [0.3, 0.4) is 0 Å². The lowest BCUT2D eigenvalue weighted by Crippen LogP contribution is -1.94. The number of carbonyl (C=O) groups excluding carboxylic acids is 1. The SMILES string of the molecule is O=C(/C=C/c1ncc(-c2ccccc2)[nH]1)c1ccc2ccccc2c1. The van der Waals surface area contributed by atoms with E-state index in [0.717, 1.165) is 22.0 Å². The molecule has 0 aliphatic carbocycles. The minimum Gasteiger partial charge on any atom is -0.338 e. The smallest absolute Gasteiger partial charge is 0.185 e. The van der Waals surface area contributed by atoms with Gasteiger partial charge in [0.05, 0.1) is 11.9 Å². The van der Waals surface area contributed by atoms with Gasteiger partial charge in [0.1, 0.15) is 5.82 Å². The first-order valence-corrected chi connectivity index (χ1v) is 8.11. The molecule has 4 aromatic rings. The number of fused-ring (bicyclic) bond motifs is 1. The average molecular weight is 324 g/mol. The highest BCUT2D eigenvalue weighted by atomic mass is 16.1. The van der Waals surface area contributed by atoms with Crippen molar-refractivity contribution in [3.05, 3.63) is 96.5 Å². The van der Waals surface area contributed by atoms with E-state index in [0.29, 0.717) is 11.4 Å². The number of H-pyrrole nitrogens is 1. The summed E-state index contributed by atoms with van der Waals surface area (Å²) in [7, 11) is 0. The zero-order chi connectivity index (χ0) is 17.1. The maximum atomic E-state index is 12.4. The van der Waals surface area contributed by atoms with Crippen molar-refractivity contribution in [2.75, 3.05) is 0 Å². The summed E-state index contributed by atoms with van der Waals surface area (Å²) in [4.78, 5) is 19.9. The highest BCUT2D eigenvalue weighted by Crippen LogP contribution is 2.18. The van der Waals surface area contributed by atoms with E-state index in [1.165, 1.54) is 0 Å². The van der Waals surface area contributed by atoms with Crippen LogP contribution in [0.5, 0.6) is 0 Å². The Balaban J connectivity index is 1.54. The van der Waals surface area contributed by atoms with Crippen LogP contribution < -0.4 is 0 Å². The number of hydrogen-bond donors (Lipinski definition) is 1. The molecule has 0 fully saturated rings. The van der Waals surface area contributed by atoms with Crippen LogP contribution >= 0.6 is 0 Å². The number of carbonyl (C=O) groups is 1. The van der Waals surface area contributed by atoms with E-state index in [9.17, 15) is 4.79 Å². The summed E-state index contributed by atoms with van der Waals surface area (Å²) in [5.41, 5.74) is 2.67. The molecule has 4 rings (SSSR count). The van der Waals surface area contributed by atoms with Crippen LogP contribution in [0, 0.1) is 0 Å². The molecule has 0 saturated carbocycles. The zero-order valence-electron chi connectivity index (χ0n) is 13.5. The molecule has 0 unspecified atom stereocenters. The third kappa shape index (κ3) is 3.26. The van der Waals surface area contributed by atoms with Crippen molar-refractivity contribution >= 4 is 22.6 Å². The maximum Gasteiger partial charge on any atom is 0.185 e. The Hall–Kier alpha value is -3.46. The van der Waals surface area contributed by atoms with Crippen molar-refractivity contribution in [2.45, 2.75) is 0 Å². The summed E-state index contributed by atoms with van der Waals surface area (Å²) in [6, 6.07) is 23.7.